The van der Waals surface area contributed by atoms with Crippen molar-refractivity contribution >= 4 is 45.2 Å². The summed E-state index contributed by atoms with van der Waals surface area (Å²) in [6.45, 7) is 1.81. The number of fused-ring (bicyclic) bond motifs is 1. The van der Waals surface area contributed by atoms with Gasteiger partial charge in [-0.15, -0.1) is 10.2 Å². The average Bonchev–Trinajstić information content (AvgIpc) is 3.24. The molecule has 4 aromatic rings. The van der Waals surface area contributed by atoms with Crippen LogP contribution in [0.1, 0.15) is 16.2 Å². The van der Waals surface area contributed by atoms with Crippen LogP contribution in [0.5, 0.6) is 0 Å². The Kier molecular flexibility index (Phi) is 4.49. The number of anilines is 1. The molecule has 140 valence electrons. The highest BCUT2D eigenvalue weighted by molar-refractivity contribution is 7.19. The first-order valence-corrected chi connectivity index (χ1v) is 9.16. The van der Waals surface area contributed by atoms with E-state index in [9.17, 15) is 14.9 Å². The smallest absolute Gasteiger partial charge is 0.270 e. The van der Waals surface area contributed by atoms with E-state index in [-0.39, 0.29) is 16.3 Å². The Morgan fingerprint density at radius 3 is 2.82 bits per heavy atom. The summed E-state index contributed by atoms with van der Waals surface area (Å²) in [5, 5.41) is 27.0. The van der Waals surface area contributed by atoms with Gasteiger partial charge in [0, 0.05) is 23.4 Å². The van der Waals surface area contributed by atoms with Gasteiger partial charge in [-0.3, -0.25) is 14.9 Å². The summed E-state index contributed by atoms with van der Waals surface area (Å²) in [6.07, 6.45) is 0. The first kappa shape index (κ1) is 18.0. The molecule has 11 heteroatoms. The predicted molar refractivity (Wildman–Crippen MR) is 105 cm³/mol. The molecule has 0 aliphatic rings. The van der Waals surface area contributed by atoms with Crippen LogP contribution in [-0.4, -0.2) is 30.6 Å². The lowest BCUT2D eigenvalue weighted by atomic mass is 10.1. The number of carbonyl (C=O) groups excluding carboxylic acids is 1. The highest BCUT2D eigenvalue weighted by atomic mass is 35.5. The van der Waals surface area contributed by atoms with Gasteiger partial charge in [-0.05, 0) is 25.1 Å². The topological polar surface area (TPSA) is 115 Å². The molecule has 0 bridgehead atoms. The third-order valence-corrected chi connectivity index (χ3v) is 5.20. The maximum Gasteiger partial charge on any atom is 0.270 e. The van der Waals surface area contributed by atoms with E-state index in [1.807, 2.05) is 13.0 Å². The van der Waals surface area contributed by atoms with Crippen LogP contribution >= 0.6 is 22.9 Å². The van der Waals surface area contributed by atoms with Crippen LogP contribution in [0.2, 0.25) is 5.02 Å². The quantitative estimate of drug-likeness (QED) is 0.399. The van der Waals surface area contributed by atoms with Gasteiger partial charge in [-0.1, -0.05) is 35.1 Å². The van der Waals surface area contributed by atoms with Gasteiger partial charge in [0.15, 0.2) is 5.82 Å². The number of aryl methyl sites for hydroxylation is 1. The number of amides is 1. The van der Waals surface area contributed by atoms with Crippen LogP contribution in [0.3, 0.4) is 0 Å². The molecule has 1 amide bonds. The van der Waals surface area contributed by atoms with Crippen molar-refractivity contribution in [3.05, 3.63) is 69.0 Å². The molecule has 9 nitrogen and oxygen atoms in total. The van der Waals surface area contributed by atoms with Gasteiger partial charge in [0.05, 0.1) is 15.5 Å². The number of nitro benzene ring substituents is 1. The molecule has 2 heterocycles. The van der Waals surface area contributed by atoms with Crippen molar-refractivity contribution in [2.24, 2.45) is 0 Å². The largest absolute Gasteiger partial charge is 0.322 e. The summed E-state index contributed by atoms with van der Waals surface area (Å²) in [7, 11) is 0. The van der Waals surface area contributed by atoms with Crippen LogP contribution in [0.4, 0.5) is 11.4 Å². The molecule has 28 heavy (non-hydrogen) atoms. The second-order valence-electron chi connectivity index (χ2n) is 5.80. The number of nitrogens with zero attached hydrogens (tertiary/aromatic N) is 5. The maximum absolute atomic E-state index is 12.5. The van der Waals surface area contributed by atoms with Crippen LogP contribution < -0.4 is 5.32 Å². The average molecular weight is 415 g/mol. The fraction of sp³-hybridized carbons (Fsp3) is 0.0588. The van der Waals surface area contributed by atoms with E-state index >= 15 is 0 Å². The summed E-state index contributed by atoms with van der Waals surface area (Å²) in [5.41, 5.74) is 1.11. The SMILES string of the molecule is Cc1nnc2sc(-c3cccc(NC(=O)c4cc([N+](=O)[O-])ccc4Cl)c3)nn12. The lowest BCUT2D eigenvalue weighted by Gasteiger charge is -2.08. The van der Waals surface area contributed by atoms with Crippen LogP contribution in [-0.2, 0) is 0 Å². The molecule has 0 aliphatic heterocycles. The van der Waals surface area contributed by atoms with Crippen molar-refractivity contribution in [3.8, 4) is 10.6 Å². The van der Waals surface area contributed by atoms with Gasteiger partial charge in [-0.2, -0.15) is 9.61 Å². The third-order valence-electron chi connectivity index (χ3n) is 3.92. The number of nitrogens with one attached hydrogen (secondary N) is 1. The third kappa shape index (κ3) is 3.30. The van der Waals surface area contributed by atoms with Crippen molar-refractivity contribution < 1.29 is 9.72 Å². The molecule has 0 saturated heterocycles. The van der Waals surface area contributed by atoms with Gasteiger partial charge in [0.25, 0.3) is 11.6 Å². The minimum atomic E-state index is -0.580. The minimum Gasteiger partial charge on any atom is -0.322 e. The second-order valence-corrected chi connectivity index (χ2v) is 7.17. The summed E-state index contributed by atoms with van der Waals surface area (Å²) in [4.78, 5) is 23.6. The molecule has 0 radical (unpaired) electrons. The molecule has 2 aromatic carbocycles. The first-order chi connectivity index (χ1) is 13.4. The number of nitro groups is 1. The standard InChI is InChI=1S/C17H11ClN6O3S/c1-9-20-21-17-23(9)22-16(28-17)10-3-2-4-11(7-10)19-15(25)13-8-12(24(26)27)5-6-14(13)18/h2-8H,1H3,(H,19,25). The number of halogens is 1. The number of hydrogen-bond acceptors (Lipinski definition) is 7. The Labute approximate surface area is 166 Å². The van der Waals surface area contributed by atoms with E-state index in [1.54, 1.807) is 22.7 Å². The molecular formula is C17H11ClN6O3S. The van der Waals surface area contributed by atoms with Crippen LogP contribution in [0.15, 0.2) is 42.5 Å². The van der Waals surface area contributed by atoms with E-state index in [1.165, 1.54) is 23.5 Å². The lowest BCUT2D eigenvalue weighted by molar-refractivity contribution is -0.384. The van der Waals surface area contributed by atoms with Crippen molar-refractivity contribution in [3.63, 3.8) is 0 Å². The zero-order valence-electron chi connectivity index (χ0n) is 14.3. The molecule has 0 aliphatic carbocycles. The Bertz CT molecular complexity index is 1230. The normalized spacial score (nSPS) is 10.9. The Hall–Kier alpha value is -3.37. The summed E-state index contributed by atoms with van der Waals surface area (Å²) in [6, 6.07) is 10.8. The molecule has 0 spiro atoms. The highest BCUT2D eigenvalue weighted by Gasteiger charge is 2.17. The molecule has 0 saturated carbocycles. The minimum absolute atomic E-state index is 0.0238. The molecule has 0 unspecified atom stereocenters. The highest BCUT2D eigenvalue weighted by Crippen LogP contribution is 2.28. The fourth-order valence-corrected chi connectivity index (χ4v) is 3.65. The van der Waals surface area contributed by atoms with Gasteiger partial charge in [-0.25, -0.2) is 0 Å². The first-order valence-electron chi connectivity index (χ1n) is 7.97. The zero-order chi connectivity index (χ0) is 19.8. The fourth-order valence-electron chi connectivity index (χ4n) is 2.56. The van der Waals surface area contributed by atoms with E-state index in [4.69, 9.17) is 11.6 Å². The van der Waals surface area contributed by atoms with Crippen LogP contribution in [0.25, 0.3) is 15.5 Å². The number of rotatable bonds is 4. The van der Waals surface area contributed by atoms with Crippen molar-refractivity contribution in [2.45, 2.75) is 6.92 Å². The predicted octanol–water partition coefficient (Wildman–Crippen LogP) is 3.98. The second kappa shape index (κ2) is 6.98. The Morgan fingerprint density at radius 2 is 2.07 bits per heavy atom. The number of non-ortho nitro benzene ring substituents is 1. The monoisotopic (exact) mass is 414 g/mol. The Morgan fingerprint density at radius 1 is 1.25 bits per heavy atom. The molecular weight excluding hydrogens is 404 g/mol. The lowest BCUT2D eigenvalue weighted by Crippen LogP contribution is -2.12. The van der Waals surface area contributed by atoms with Crippen molar-refractivity contribution in [2.75, 3.05) is 5.32 Å². The van der Waals surface area contributed by atoms with Crippen molar-refractivity contribution in [1.82, 2.24) is 19.8 Å². The summed E-state index contributed by atoms with van der Waals surface area (Å²) >= 11 is 7.40. The molecule has 2 aromatic heterocycles. The van der Waals surface area contributed by atoms with Crippen LogP contribution in [0, 0.1) is 17.0 Å². The van der Waals surface area contributed by atoms with Gasteiger partial charge >= 0.3 is 0 Å². The van der Waals surface area contributed by atoms with E-state index in [0.717, 1.165) is 16.6 Å². The van der Waals surface area contributed by atoms with Gasteiger partial charge in [0.2, 0.25) is 4.96 Å². The summed E-state index contributed by atoms with van der Waals surface area (Å²) < 4.78 is 1.65. The van der Waals surface area contributed by atoms with E-state index in [2.05, 4.69) is 20.6 Å². The molecule has 0 atom stereocenters. The number of benzene rings is 2. The van der Waals surface area contributed by atoms with Crippen molar-refractivity contribution in [1.29, 1.82) is 0 Å². The van der Waals surface area contributed by atoms with Gasteiger partial charge in [0.1, 0.15) is 5.01 Å². The van der Waals surface area contributed by atoms with E-state index in [0.29, 0.717) is 16.5 Å². The van der Waals surface area contributed by atoms with E-state index < -0.39 is 10.8 Å². The number of carbonyl (C=O) groups is 1. The molecule has 0 fully saturated rings. The zero-order valence-corrected chi connectivity index (χ0v) is 15.9. The molecule has 1 N–H and O–H groups in total. The number of hydrogen-bond donors (Lipinski definition) is 1. The maximum atomic E-state index is 12.5. The molecule has 4 rings (SSSR count). The number of aromatic nitrogens is 4. The van der Waals surface area contributed by atoms with Gasteiger partial charge < -0.3 is 5.32 Å². The Balaban J connectivity index is 1.62. The summed E-state index contributed by atoms with van der Waals surface area (Å²) in [5.74, 6) is 0.141.